The molecule has 2 N–H and O–H groups in total. The van der Waals surface area contributed by atoms with Crippen molar-refractivity contribution in [3.8, 4) is 17.4 Å². The van der Waals surface area contributed by atoms with Gasteiger partial charge in [-0.05, 0) is 42.3 Å². The Balaban J connectivity index is 1.45. The fourth-order valence-electron chi connectivity index (χ4n) is 2.37. The molecule has 0 saturated carbocycles. The topological polar surface area (TPSA) is 85.4 Å². The summed E-state index contributed by atoms with van der Waals surface area (Å²) in [6.45, 7) is 0.509. The summed E-state index contributed by atoms with van der Waals surface area (Å²) in [5, 5.41) is 5.55. The van der Waals surface area contributed by atoms with Gasteiger partial charge in [0.2, 0.25) is 5.88 Å². The third-order valence-electron chi connectivity index (χ3n) is 3.68. The Morgan fingerprint density at radius 1 is 1.07 bits per heavy atom. The molecular formula is C20H20N4O3. The molecule has 0 saturated heterocycles. The van der Waals surface area contributed by atoms with E-state index in [1.165, 1.54) is 6.20 Å². The van der Waals surface area contributed by atoms with Crippen LogP contribution in [0.5, 0.6) is 17.4 Å². The molecule has 0 atom stereocenters. The van der Waals surface area contributed by atoms with E-state index < -0.39 is 0 Å². The Hall–Kier alpha value is -3.61. The molecule has 2 heterocycles. The number of hydrogen-bond donors (Lipinski definition) is 2. The number of nitrogens with one attached hydrogen (secondary N) is 2. The van der Waals surface area contributed by atoms with Crippen molar-refractivity contribution in [1.29, 1.82) is 0 Å². The van der Waals surface area contributed by atoms with Gasteiger partial charge < -0.3 is 20.1 Å². The van der Waals surface area contributed by atoms with Crippen LogP contribution in [0.1, 0.15) is 5.56 Å². The van der Waals surface area contributed by atoms with Crippen molar-refractivity contribution in [2.45, 2.75) is 6.42 Å². The first kappa shape index (κ1) is 18.2. The largest absolute Gasteiger partial charge is 0.497 e. The van der Waals surface area contributed by atoms with Crippen LogP contribution in [0.15, 0.2) is 67.1 Å². The smallest absolute Gasteiger partial charge is 0.319 e. The Kier molecular flexibility index (Phi) is 6.19. The highest BCUT2D eigenvalue weighted by molar-refractivity contribution is 5.89. The van der Waals surface area contributed by atoms with Gasteiger partial charge in [0, 0.05) is 18.8 Å². The molecule has 0 aliphatic rings. The van der Waals surface area contributed by atoms with Crippen molar-refractivity contribution >= 4 is 11.7 Å². The van der Waals surface area contributed by atoms with E-state index in [1.54, 1.807) is 43.8 Å². The molecule has 27 heavy (non-hydrogen) atoms. The van der Waals surface area contributed by atoms with Gasteiger partial charge in [0.05, 0.1) is 25.2 Å². The predicted octanol–water partition coefficient (Wildman–Crippen LogP) is 3.64. The maximum absolute atomic E-state index is 12.0. The molecule has 3 aromatic rings. The molecule has 0 spiro atoms. The number of methoxy groups -OCH3 is 1. The number of aromatic nitrogens is 2. The lowest BCUT2D eigenvalue weighted by Gasteiger charge is -2.09. The summed E-state index contributed by atoms with van der Waals surface area (Å²) in [5.74, 6) is 1.82. The summed E-state index contributed by atoms with van der Waals surface area (Å²) >= 11 is 0. The Bertz CT molecular complexity index is 870. The molecule has 3 rings (SSSR count). The fourth-order valence-corrected chi connectivity index (χ4v) is 2.37. The monoisotopic (exact) mass is 364 g/mol. The number of carbonyl (C=O) groups is 1. The maximum atomic E-state index is 12.0. The van der Waals surface area contributed by atoms with Crippen molar-refractivity contribution in [2.24, 2.45) is 0 Å². The Morgan fingerprint density at radius 2 is 1.96 bits per heavy atom. The minimum absolute atomic E-state index is 0.291. The highest BCUT2D eigenvalue weighted by atomic mass is 16.5. The number of pyridine rings is 2. The van der Waals surface area contributed by atoms with Gasteiger partial charge >= 0.3 is 6.03 Å². The summed E-state index contributed by atoms with van der Waals surface area (Å²) in [6.07, 6.45) is 5.51. The summed E-state index contributed by atoms with van der Waals surface area (Å²) in [7, 11) is 1.63. The molecule has 2 aromatic heterocycles. The number of nitrogens with zero attached hydrogens (tertiary/aromatic N) is 2. The highest BCUT2D eigenvalue weighted by Gasteiger charge is 2.04. The molecule has 0 unspecified atom stereocenters. The van der Waals surface area contributed by atoms with Gasteiger partial charge in [-0.25, -0.2) is 9.78 Å². The van der Waals surface area contributed by atoms with E-state index in [-0.39, 0.29) is 6.03 Å². The predicted molar refractivity (Wildman–Crippen MR) is 102 cm³/mol. The molecule has 138 valence electrons. The second-order valence-corrected chi connectivity index (χ2v) is 5.66. The van der Waals surface area contributed by atoms with Gasteiger partial charge in [-0.1, -0.05) is 12.1 Å². The standard InChI is InChI=1S/C20H20N4O3/c1-26-17-5-2-4-15(12-17)9-11-22-20(25)24-16-7-8-19(23-13-16)27-18-6-3-10-21-14-18/h2-8,10,12-14H,9,11H2,1H3,(H2,22,24,25). The van der Waals surface area contributed by atoms with E-state index in [1.807, 2.05) is 24.3 Å². The molecule has 0 aliphatic carbocycles. The summed E-state index contributed by atoms with van der Waals surface area (Å²) in [6, 6.07) is 14.4. The first-order chi connectivity index (χ1) is 13.2. The van der Waals surface area contributed by atoms with Crippen LogP contribution in [0, 0.1) is 0 Å². The summed E-state index contributed by atoms with van der Waals surface area (Å²) < 4.78 is 10.7. The minimum Gasteiger partial charge on any atom is -0.497 e. The van der Waals surface area contributed by atoms with Crippen LogP contribution in [0.25, 0.3) is 0 Å². The normalized spacial score (nSPS) is 10.1. The van der Waals surface area contributed by atoms with Gasteiger partial charge in [0.15, 0.2) is 0 Å². The number of ether oxygens (including phenoxy) is 2. The first-order valence-corrected chi connectivity index (χ1v) is 8.44. The highest BCUT2D eigenvalue weighted by Crippen LogP contribution is 2.19. The van der Waals surface area contributed by atoms with Gasteiger partial charge in [0.1, 0.15) is 11.5 Å². The van der Waals surface area contributed by atoms with E-state index >= 15 is 0 Å². The van der Waals surface area contributed by atoms with Crippen LogP contribution in [-0.2, 0) is 6.42 Å². The van der Waals surface area contributed by atoms with Crippen molar-refractivity contribution in [3.05, 3.63) is 72.7 Å². The van der Waals surface area contributed by atoms with Crippen molar-refractivity contribution in [3.63, 3.8) is 0 Å². The fraction of sp³-hybridized carbons (Fsp3) is 0.150. The van der Waals surface area contributed by atoms with Crippen LogP contribution in [0.4, 0.5) is 10.5 Å². The van der Waals surface area contributed by atoms with Crippen molar-refractivity contribution in [2.75, 3.05) is 19.0 Å². The van der Waals surface area contributed by atoms with E-state index in [4.69, 9.17) is 9.47 Å². The van der Waals surface area contributed by atoms with Crippen molar-refractivity contribution < 1.29 is 14.3 Å². The zero-order valence-electron chi connectivity index (χ0n) is 14.9. The molecule has 0 fully saturated rings. The maximum Gasteiger partial charge on any atom is 0.319 e. The lowest BCUT2D eigenvalue weighted by atomic mass is 10.1. The molecule has 0 bridgehead atoms. The number of benzene rings is 1. The van der Waals surface area contributed by atoms with Gasteiger partial charge in [-0.15, -0.1) is 0 Å². The first-order valence-electron chi connectivity index (χ1n) is 8.44. The number of urea groups is 1. The number of hydrogen-bond acceptors (Lipinski definition) is 5. The molecule has 7 heteroatoms. The van der Waals surface area contributed by atoms with Crippen LogP contribution in [0.3, 0.4) is 0 Å². The molecular weight excluding hydrogens is 344 g/mol. The SMILES string of the molecule is COc1cccc(CCNC(=O)Nc2ccc(Oc3cccnc3)nc2)c1. The average Bonchev–Trinajstić information content (AvgIpc) is 2.70. The van der Waals surface area contributed by atoms with Crippen LogP contribution in [-0.4, -0.2) is 29.7 Å². The molecule has 2 amide bonds. The average molecular weight is 364 g/mol. The van der Waals surface area contributed by atoms with Gasteiger partial charge in [0.25, 0.3) is 0 Å². The summed E-state index contributed by atoms with van der Waals surface area (Å²) in [5.41, 5.74) is 1.67. The molecule has 1 aromatic carbocycles. The van der Waals surface area contributed by atoms with E-state index in [0.717, 1.165) is 11.3 Å². The third kappa shape index (κ3) is 5.71. The lowest BCUT2D eigenvalue weighted by Crippen LogP contribution is -2.30. The zero-order valence-corrected chi connectivity index (χ0v) is 14.9. The van der Waals surface area contributed by atoms with Crippen LogP contribution >= 0.6 is 0 Å². The number of carbonyl (C=O) groups excluding carboxylic acids is 1. The Labute approximate surface area is 157 Å². The quantitative estimate of drug-likeness (QED) is 0.668. The summed E-state index contributed by atoms with van der Waals surface area (Å²) in [4.78, 5) is 20.1. The number of amides is 2. The molecule has 7 nitrogen and oxygen atoms in total. The second-order valence-electron chi connectivity index (χ2n) is 5.66. The van der Waals surface area contributed by atoms with Gasteiger partial charge in [-0.3, -0.25) is 4.98 Å². The lowest BCUT2D eigenvalue weighted by molar-refractivity contribution is 0.252. The Morgan fingerprint density at radius 3 is 2.70 bits per heavy atom. The molecule has 0 radical (unpaired) electrons. The van der Waals surface area contributed by atoms with Crippen molar-refractivity contribution in [1.82, 2.24) is 15.3 Å². The van der Waals surface area contributed by atoms with E-state index in [0.29, 0.717) is 30.3 Å². The van der Waals surface area contributed by atoms with Crippen LogP contribution < -0.4 is 20.1 Å². The third-order valence-corrected chi connectivity index (χ3v) is 3.68. The minimum atomic E-state index is -0.291. The number of rotatable bonds is 7. The van der Waals surface area contributed by atoms with Gasteiger partial charge in [-0.2, -0.15) is 0 Å². The number of anilines is 1. The van der Waals surface area contributed by atoms with Crippen LogP contribution in [0.2, 0.25) is 0 Å². The van der Waals surface area contributed by atoms with E-state index in [2.05, 4.69) is 20.6 Å². The molecule has 0 aliphatic heterocycles. The second kappa shape index (κ2) is 9.19. The zero-order chi connectivity index (χ0) is 18.9. The van der Waals surface area contributed by atoms with E-state index in [9.17, 15) is 4.79 Å².